The lowest BCUT2D eigenvalue weighted by atomic mass is 10.0. The van der Waals surface area contributed by atoms with Crippen molar-refractivity contribution in [2.24, 2.45) is 16.5 Å². The minimum atomic E-state index is -4.81. The molecule has 16 nitrogen and oxygen atoms in total. The Kier molecular flexibility index (Phi) is 12.3. The molecule has 0 spiro atoms. The quantitative estimate of drug-likeness (QED) is 0.0623. The van der Waals surface area contributed by atoms with E-state index in [1.165, 1.54) is 36.3 Å². The van der Waals surface area contributed by atoms with Crippen LogP contribution in [-0.2, 0) is 22.2 Å². The molecule has 0 bridgehead atoms. The maximum absolute atomic E-state index is 14.2. The lowest BCUT2D eigenvalue weighted by Gasteiger charge is -2.37. The van der Waals surface area contributed by atoms with Gasteiger partial charge in [0.1, 0.15) is 17.8 Å². The minimum absolute atomic E-state index is 0.0798. The standard InChI is InChI=1S/C35H37F3N10O6/c1-53-25-14-4-20(5-15-25)19-26(45-29(50)22-8-12-24(13-9-22)44-34-46-32(54-47-34)35(36,37)38)31(52)48-18-17-42-30(51)27(48)3-2-16-41-28(49)21-6-10-23(11-7-21)43-33(39)40/h4-15,26-27H,2-3,16-19H2,1H3,(H,41,49)(H,42,51)(H,44,47)(H,45,50)(H4,39,40,43)/t26-,27-/m0/s1. The van der Waals surface area contributed by atoms with Gasteiger partial charge in [0.25, 0.3) is 17.8 Å². The number of nitrogens with two attached hydrogens (primary N) is 2. The SMILES string of the molecule is COc1ccc(C[C@H](NC(=O)c2ccc(Nc3noc(C(F)(F)F)n3)cc2)C(=O)N2CCNC(=O)[C@@H]2CCCNC(=O)c2ccc(N=C(N)N)cc2)cc1. The number of halogens is 3. The average Bonchev–Trinajstić information content (AvgIpc) is 3.63. The highest BCUT2D eigenvalue weighted by atomic mass is 19.4. The first-order valence-electron chi connectivity index (χ1n) is 16.6. The van der Waals surface area contributed by atoms with E-state index in [-0.39, 0.29) is 61.5 Å². The van der Waals surface area contributed by atoms with Crippen molar-refractivity contribution in [2.75, 3.05) is 32.1 Å². The fraction of sp³-hybridized carbons (Fsp3) is 0.286. The first kappa shape index (κ1) is 38.6. The zero-order valence-corrected chi connectivity index (χ0v) is 28.9. The number of carbonyl (C=O) groups excluding carboxylic acids is 4. The Bertz CT molecular complexity index is 1970. The fourth-order valence-corrected chi connectivity index (χ4v) is 5.56. The van der Waals surface area contributed by atoms with Gasteiger partial charge in [0.05, 0.1) is 12.8 Å². The van der Waals surface area contributed by atoms with Crippen LogP contribution in [0.1, 0.15) is 45.0 Å². The number of nitrogens with one attached hydrogen (secondary N) is 4. The monoisotopic (exact) mass is 750 g/mol. The molecule has 2 atom stereocenters. The zero-order chi connectivity index (χ0) is 38.8. The zero-order valence-electron chi connectivity index (χ0n) is 28.9. The predicted molar refractivity (Wildman–Crippen MR) is 189 cm³/mol. The van der Waals surface area contributed by atoms with Crippen molar-refractivity contribution in [2.45, 2.75) is 37.5 Å². The minimum Gasteiger partial charge on any atom is -0.497 e. The molecular weight excluding hydrogens is 713 g/mol. The number of amides is 4. The van der Waals surface area contributed by atoms with Gasteiger partial charge in [-0.1, -0.05) is 12.1 Å². The summed E-state index contributed by atoms with van der Waals surface area (Å²) in [7, 11) is 1.52. The molecule has 2 heterocycles. The number of benzene rings is 3. The molecule has 0 unspecified atom stereocenters. The summed E-state index contributed by atoms with van der Waals surface area (Å²) in [6.45, 7) is 0.606. The summed E-state index contributed by atoms with van der Waals surface area (Å²) < 4.78 is 47.9. The summed E-state index contributed by atoms with van der Waals surface area (Å²) >= 11 is 0. The normalized spacial score (nSPS) is 14.7. The summed E-state index contributed by atoms with van der Waals surface area (Å²) in [4.78, 5) is 62.1. The van der Waals surface area contributed by atoms with Gasteiger partial charge < -0.3 is 46.9 Å². The predicted octanol–water partition coefficient (Wildman–Crippen LogP) is 2.62. The molecule has 19 heteroatoms. The third-order valence-electron chi connectivity index (χ3n) is 8.22. The number of aliphatic imine (C=N–C) groups is 1. The van der Waals surface area contributed by atoms with Crippen LogP contribution in [-0.4, -0.2) is 83.5 Å². The van der Waals surface area contributed by atoms with E-state index in [0.29, 0.717) is 29.0 Å². The largest absolute Gasteiger partial charge is 0.497 e. The number of guanidine groups is 1. The Balaban J connectivity index is 1.25. The summed E-state index contributed by atoms with van der Waals surface area (Å²) in [5.74, 6) is -3.27. The molecule has 1 aliphatic rings. The average molecular weight is 751 g/mol. The van der Waals surface area contributed by atoms with Gasteiger partial charge in [0.15, 0.2) is 5.96 Å². The highest BCUT2D eigenvalue weighted by molar-refractivity contribution is 5.99. The Morgan fingerprint density at radius 3 is 2.31 bits per heavy atom. The molecule has 4 aromatic rings. The van der Waals surface area contributed by atoms with E-state index >= 15 is 0 Å². The number of ether oxygens (including phenoxy) is 1. The molecule has 1 fully saturated rings. The van der Waals surface area contributed by atoms with E-state index in [1.807, 2.05) is 0 Å². The second kappa shape index (κ2) is 17.2. The van der Waals surface area contributed by atoms with Gasteiger partial charge in [0.2, 0.25) is 11.8 Å². The molecule has 0 saturated carbocycles. The molecule has 3 aromatic carbocycles. The maximum Gasteiger partial charge on any atom is 0.471 e. The third kappa shape index (κ3) is 10.2. The van der Waals surface area contributed by atoms with Crippen molar-refractivity contribution >= 4 is 46.9 Å². The van der Waals surface area contributed by atoms with Crippen molar-refractivity contribution in [3.05, 3.63) is 95.4 Å². The number of hydrogen-bond acceptors (Lipinski definition) is 10. The Labute approximate surface area is 306 Å². The fourth-order valence-electron chi connectivity index (χ4n) is 5.56. The smallest absolute Gasteiger partial charge is 0.471 e. The van der Waals surface area contributed by atoms with Crippen LogP contribution in [0.3, 0.4) is 0 Å². The molecular formula is C35H37F3N10O6. The van der Waals surface area contributed by atoms with Crippen molar-refractivity contribution in [1.29, 1.82) is 0 Å². The second-order valence-electron chi connectivity index (χ2n) is 12.0. The Morgan fingerprint density at radius 1 is 1.02 bits per heavy atom. The highest BCUT2D eigenvalue weighted by Gasteiger charge is 2.39. The molecule has 284 valence electrons. The number of alkyl halides is 3. The van der Waals surface area contributed by atoms with Gasteiger partial charge >= 0.3 is 12.1 Å². The van der Waals surface area contributed by atoms with Crippen LogP contribution >= 0.6 is 0 Å². The van der Waals surface area contributed by atoms with Gasteiger partial charge in [-0.2, -0.15) is 18.2 Å². The topological polar surface area (TPSA) is 232 Å². The van der Waals surface area contributed by atoms with Crippen LogP contribution in [0.2, 0.25) is 0 Å². The first-order chi connectivity index (χ1) is 25.8. The van der Waals surface area contributed by atoms with Crippen LogP contribution in [0.25, 0.3) is 0 Å². The number of hydrogen-bond donors (Lipinski definition) is 6. The lowest BCUT2D eigenvalue weighted by Crippen LogP contribution is -2.61. The van der Waals surface area contributed by atoms with Crippen molar-refractivity contribution in [3.63, 3.8) is 0 Å². The summed E-state index contributed by atoms with van der Waals surface area (Å²) in [5.41, 5.74) is 12.8. The third-order valence-corrected chi connectivity index (χ3v) is 8.22. The van der Waals surface area contributed by atoms with Gasteiger partial charge in [-0.15, -0.1) is 0 Å². The lowest BCUT2D eigenvalue weighted by molar-refractivity contribution is -0.159. The summed E-state index contributed by atoms with van der Waals surface area (Å²) in [5, 5.41) is 14.2. The van der Waals surface area contributed by atoms with Crippen molar-refractivity contribution in [3.8, 4) is 5.75 Å². The van der Waals surface area contributed by atoms with Crippen LogP contribution in [0, 0.1) is 0 Å². The van der Waals surface area contributed by atoms with Crippen molar-refractivity contribution in [1.82, 2.24) is 31.0 Å². The maximum atomic E-state index is 14.2. The molecule has 1 aliphatic heterocycles. The number of anilines is 2. The summed E-state index contributed by atoms with van der Waals surface area (Å²) in [6.07, 6.45) is -4.15. The van der Waals surface area contributed by atoms with Gasteiger partial charge in [-0.05, 0) is 84.2 Å². The van der Waals surface area contributed by atoms with E-state index in [1.54, 1.807) is 48.5 Å². The van der Waals surface area contributed by atoms with Crippen LogP contribution in [0.5, 0.6) is 5.75 Å². The van der Waals surface area contributed by atoms with Crippen LogP contribution in [0.15, 0.2) is 82.3 Å². The molecule has 54 heavy (non-hydrogen) atoms. The van der Waals surface area contributed by atoms with Crippen LogP contribution < -0.4 is 37.5 Å². The number of carbonyl (C=O) groups is 4. The number of rotatable bonds is 14. The number of nitrogens with zero attached hydrogens (tertiary/aromatic N) is 4. The Hall–Kier alpha value is -6.66. The second-order valence-corrected chi connectivity index (χ2v) is 12.0. The highest BCUT2D eigenvalue weighted by Crippen LogP contribution is 2.29. The molecule has 1 aromatic heterocycles. The molecule has 4 amide bonds. The molecule has 5 rings (SSSR count). The van der Waals surface area contributed by atoms with E-state index in [0.717, 1.165) is 0 Å². The van der Waals surface area contributed by atoms with E-state index in [4.69, 9.17) is 16.2 Å². The van der Waals surface area contributed by atoms with Crippen molar-refractivity contribution < 1.29 is 41.6 Å². The van der Waals surface area contributed by atoms with E-state index in [2.05, 4.69) is 40.9 Å². The van der Waals surface area contributed by atoms with E-state index in [9.17, 15) is 32.3 Å². The summed E-state index contributed by atoms with van der Waals surface area (Å²) in [6, 6.07) is 17.0. The number of piperazine rings is 1. The molecule has 8 N–H and O–H groups in total. The van der Waals surface area contributed by atoms with E-state index < -0.39 is 41.9 Å². The number of methoxy groups -OCH3 is 1. The Morgan fingerprint density at radius 2 is 1.69 bits per heavy atom. The first-order valence-corrected chi connectivity index (χ1v) is 16.6. The van der Waals surface area contributed by atoms with Crippen LogP contribution in [0.4, 0.5) is 30.5 Å². The molecule has 1 saturated heterocycles. The van der Waals surface area contributed by atoms with Gasteiger partial charge in [0, 0.05) is 42.9 Å². The van der Waals surface area contributed by atoms with Gasteiger partial charge in [-0.25, -0.2) is 4.99 Å². The molecule has 0 aliphatic carbocycles. The van der Waals surface area contributed by atoms with Gasteiger partial charge in [-0.3, -0.25) is 19.2 Å². The molecule has 0 radical (unpaired) electrons. The number of aromatic nitrogens is 2.